The lowest BCUT2D eigenvalue weighted by Gasteiger charge is -2.27. The number of benzene rings is 1. The monoisotopic (exact) mass is 357 g/mol. The summed E-state index contributed by atoms with van der Waals surface area (Å²) >= 11 is 0. The van der Waals surface area contributed by atoms with Crippen LogP contribution < -0.4 is 0 Å². The Balaban J connectivity index is 1.41. The minimum absolute atomic E-state index is 0.197. The van der Waals surface area contributed by atoms with Crippen LogP contribution in [0.2, 0.25) is 0 Å². The van der Waals surface area contributed by atoms with Crippen molar-refractivity contribution in [1.29, 1.82) is 0 Å². The number of likely N-dealkylation sites (tertiary alicyclic amines) is 2. The van der Waals surface area contributed by atoms with Crippen LogP contribution in [0.4, 0.5) is 0 Å². The number of hydrogen-bond donors (Lipinski definition) is 0. The van der Waals surface area contributed by atoms with Crippen LogP contribution in [0.15, 0.2) is 24.3 Å². The summed E-state index contributed by atoms with van der Waals surface area (Å²) in [4.78, 5) is 20.2. The number of morpholine rings is 1. The van der Waals surface area contributed by atoms with Crippen LogP contribution in [0.3, 0.4) is 0 Å². The highest BCUT2D eigenvalue weighted by Gasteiger charge is 2.36. The lowest BCUT2D eigenvalue weighted by molar-refractivity contribution is 0.0341. The van der Waals surface area contributed by atoms with Gasteiger partial charge in [0.05, 0.1) is 13.2 Å². The maximum atomic E-state index is 13.1. The molecule has 0 N–H and O–H groups in total. The Labute approximate surface area is 156 Å². The highest BCUT2D eigenvalue weighted by molar-refractivity contribution is 5.94. The minimum atomic E-state index is 0.197. The molecule has 1 amide bonds. The molecule has 1 aromatic carbocycles. The Bertz CT molecular complexity index is 623. The number of nitrogens with zero attached hydrogens (tertiary/aromatic N) is 3. The van der Waals surface area contributed by atoms with Gasteiger partial charge in [0.1, 0.15) is 0 Å². The fourth-order valence-electron chi connectivity index (χ4n) is 4.64. The first-order valence-electron chi connectivity index (χ1n) is 10.1. The summed E-state index contributed by atoms with van der Waals surface area (Å²) in [5.74, 6) is 0.197. The van der Waals surface area contributed by atoms with Gasteiger partial charge < -0.3 is 9.64 Å². The first-order chi connectivity index (χ1) is 12.7. The molecule has 142 valence electrons. The van der Waals surface area contributed by atoms with Crippen LogP contribution in [0.1, 0.15) is 42.1 Å². The zero-order chi connectivity index (χ0) is 17.9. The van der Waals surface area contributed by atoms with E-state index in [9.17, 15) is 4.79 Å². The molecule has 0 aromatic heterocycles. The van der Waals surface area contributed by atoms with Gasteiger partial charge in [-0.1, -0.05) is 12.1 Å². The number of rotatable bonds is 4. The van der Waals surface area contributed by atoms with E-state index < -0.39 is 0 Å². The van der Waals surface area contributed by atoms with E-state index in [0.717, 1.165) is 51.4 Å². The van der Waals surface area contributed by atoms with Crippen LogP contribution in [-0.2, 0) is 11.3 Å². The molecule has 3 heterocycles. The number of amides is 1. The second kappa shape index (κ2) is 8.07. The van der Waals surface area contributed by atoms with Gasteiger partial charge in [-0.05, 0) is 57.0 Å². The Hall–Kier alpha value is -1.43. The molecule has 26 heavy (non-hydrogen) atoms. The average molecular weight is 357 g/mol. The van der Waals surface area contributed by atoms with E-state index in [1.165, 1.54) is 31.5 Å². The van der Waals surface area contributed by atoms with E-state index in [2.05, 4.69) is 33.8 Å². The number of carbonyl (C=O) groups is 1. The summed E-state index contributed by atoms with van der Waals surface area (Å²) in [6, 6.07) is 9.10. The van der Waals surface area contributed by atoms with Gasteiger partial charge in [-0.25, -0.2) is 0 Å². The van der Waals surface area contributed by atoms with E-state index in [0.29, 0.717) is 12.1 Å². The number of hydrogen-bond acceptors (Lipinski definition) is 4. The summed E-state index contributed by atoms with van der Waals surface area (Å²) in [5, 5.41) is 0. The van der Waals surface area contributed by atoms with Crippen molar-refractivity contribution in [3.05, 3.63) is 35.4 Å². The molecule has 3 fully saturated rings. The van der Waals surface area contributed by atoms with Crippen molar-refractivity contribution in [3.63, 3.8) is 0 Å². The van der Waals surface area contributed by atoms with Crippen LogP contribution in [-0.4, -0.2) is 78.6 Å². The molecule has 3 saturated heterocycles. The first-order valence-corrected chi connectivity index (χ1v) is 10.1. The molecule has 0 aliphatic carbocycles. The smallest absolute Gasteiger partial charge is 0.254 e. The number of ether oxygens (including phenoxy) is 1. The normalized spacial score (nSPS) is 28.0. The second-order valence-electron chi connectivity index (χ2n) is 8.03. The van der Waals surface area contributed by atoms with Gasteiger partial charge >= 0.3 is 0 Å². The molecule has 3 aliphatic heterocycles. The largest absolute Gasteiger partial charge is 0.379 e. The van der Waals surface area contributed by atoms with Crippen molar-refractivity contribution in [3.8, 4) is 0 Å². The third-order valence-corrected chi connectivity index (χ3v) is 6.15. The standard InChI is InChI=1S/C21H31N3O2/c1-17-13-20(23-7-2-3-8-23)16-24(17)21(25)19-6-4-5-18(14-19)15-22-9-11-26-12-10-22/h4-6,14,17,20H,2-3,7-13,15-16H2,1H3/t17-,20-/m1/s1. The zero-order valence-electron chi connectivity index (χ0n) is 15.9. The van der Waals surface area contributed by atoms with Crippen molar-refractivity contribution < 1.29 is 9.53 Å². The quantitative estimate of drug-likeness (QED) is 0.828. The summed E-state index contributed by atoms with van der Waals surface area (Å²) < 4.78 is 5.42. The lowest BCUT2D eigenvalue weighted by atomic mass is 10.1. The van der Waals surface area contributed by atoms with E-state index in [-0.39, 0.29) is 5.91 Å². The third kappa shape index (κ3) is 3.95. The first kappa shape index (κ1) is 18.0. The Morgan fingerprint density at radius 2 is 1.92 bits per heavy atom. The highest BCUT2D eigenvalue weighted by Crippen LogP contribution is 2.26. The summed E-state index contributed by atoms with van der Waals surface area (Å²) in [7, 11) is 0. The number of carbonyl (C=O) groups excluding carboxylic acids is 1. The van der Waals surface area contributed by atoms with Crippen LogP contribution in [0.25, 0.3) is 0 Å². The Morgan fingerprint density at radius 3 is 2.69 bits per heavy atom. The molecule has 5 nitrogen and oxygen atoms in total. The molecule has 0 radical (unpaired) electrons. The van der Waals surface area contributed by atoms with E-state index in [1.54, 1.807) is 0 Å². The molecular weight excluding hydrogens is 326 g/mol. The molecule has 1 aromatic rings. The molecule has 5 heteroatoms. The Morgan fingerprint density at radius 1 is 1.15 bits per heavy atom. The van der Waals surface area contributed by atoms with Crippen molar-refractivity contribution in [2.75, 3.05) is 45.9 Å². The van der Waals surface area contributed by atoms with Gasteiger partial charge in [0.25, 0.3) is 5.91 Å². The van der Waals surface area contributed by atoms with Crippen LogP contribution >= 0.6 is 0 Å². The van der Waals surface area contributed by atoms with Crippen LogP contribution in [0, 0.1) is 0 Å². The summed E-state index contributed by atoms with van der Waals surface area (Å²) in [6.07, 6.45) is 3.73. The van der Waals surface area contributed by atoms with E-state index in [1.807, 2.05) is 12.1 Å². The highest BCUT2D eigenvalue weighted by atomic mass is 16.5. The predicted octanol–water partition coefficient (Wildman–Crippen LogP) is 2.22. The van der Waals surface area contributed by atoms with E-state index >= 15 is 0 Å². The molecular formula is C21H31N3O2. The van der Waals surface area contributed by atoms with Crippen LogP contribution in [0.5, 0.6) is 0 Å². The van der Waals surface area contributed by atoms with Crippen molar-refractivity contribution in [1.82, 2.24) is 14.7 Å². The maximum absolute atomic E-state index is 13.1. The van der Waals surface area contributed by atoms with Gasteiger partial charge in [0.2, 0.25) is 0 Å². The molecule has 4 rings (SSSR count). The van der Waals surface area contributed by atoms with Gasteiger partial charge in [-0.15, -0.1) is 0 Å². The zero-order valence-corrected chi connectivity index (χ0v) is 15.9. The van der Waals surface area contributed by atoms with Crippen molar-refractivity contribution in [2.24, 2.45) is 0 Å². The van der Waals surface area contributed by atoms with Gasteiger partial charge in [-0.2, -0.15) is 0 Å². The molecule has 0 saturated carbocycles. The van der Waals surface area contributed by atoms with Gasteiger partial charge in [-0.3, -0.25) is 14.6 Å². The third-order valence-electron chi connectivity index (χ3n) is 6.15. The summed E-state index contributed by atoms with van der Waals surface area (Å²) in [5.41, 5.74) is 2.06. The molecule has 0 bridgehead atoms. The summed E-state index contributed by atoms with van der Waals surface area (Å²) in [6.45, 7) is 9.94. The molecule has 0 unspecified atom stereocenters. The SMILES string of the molecule is C[C@@H]1C[C@@H](N2CCCC2)CN1C(=O)c1cccc(CN2CCOCC2)c1. The Kier molecular flexibility index (Phi) is 5.57. The van der Waals surface area contributed by atoms with Gasteiger partial charge in [0, 0.05) is 43.8 Å². The fourth-order valence-corrected chi connectivity index (χ4v) is 4.64. The minimum Gasteiger partial charge on any atom is -0.379 e. The molecule has 2 atom stereocenters. The fraction of sp³-hybridized carbons (Fsp3) is 0.667. The van der Waals surface area contributed by atoms with Crippen molar-refractivity contribution in [2.45, 2.75) is 44.8 Å². The predicted molar refractivity (Wildman–Crippen MR) is 102 cm³/mol. The molecule has 3 aliphatic rings. The molecule has 0 spiro atoms. The average Bonchev–Trinajstić information content (AvgIpc) is 3.32. The van der Waals surface area contributed by atoms with Gasteiger partial charge in [0.15, 0.2) is 0 Å². The van der Waals surface area contributed by atoms with Crippen molar-refractivity contribution >= 4 is 5.91 Å². The second-order valence-corrected chi connectivity index (χ2v) is 8.03. The lowest BCUT2D eigenvalue weighted by Crippen LogP contribution is -2.38. The van der Waals surface area contributed by atoms with E-state index in [4.69, 9.17) is 4.74 Å². The maximum Gasteiger partial charge on any atom is 0.254 e. The topological polar surface area (TPSA) is 36.0 Å².